The Morgan fingerprint density at radius 1 is 1.38 bits per heavy atom. The summed E-state index contributed by atoms with van der Waals surface area (Å²) in [5, 5.41) is 0.794. The highest BCUT2D eigenvalue weighted by Crippen LogP contribution is 2.03. The van der Waals surface area contributed by atoms with E-state index >= 15 is 0 Å². The molecule has 4 nitrogen and oxygen atoms in total. The molecule has 16 heavy (non-hydrogen) atoms. The normalized spacial score (nSPS) is 9.31. The van der Waals surface area contributed by atoms with Crippen LogP contribution in [0.15, 0.2) is 43.0 Å². The molecule has 1 aromatic rings. The van der Waals surface area contributed by atoms with Crippen LogP contribution in [-0.4, -0.2) is 24.5 Å². The van der Waals surface area contributed by atoms with Crippen molar-refractivity contribution in [3.63, 3.8) is 0 Å². The van der Waals surface area contributed by atoms with Crippen LogP contribution in [-0.2, 0) is 9.84 Å². The minimum Gasteiger partial charge on any atom is -0.361 e. The van der Waals surface area contributed by atoms with Crippen LogP contribution in [0.5, 0.6) is 0 Å². The van der Waals surface area contributed by atoms with Crippen LogP contribution in [0.2, 0.25) is 5.02 Å². The molecule has 0 aromatic heterocycles. The highest BCUT2D eigenvalue weighted by atomic mass is 35.5. The molecule has 1 aromatic carbocycles. The molecule has 1 rings (SSSR count). The maximum atomic E-state index is 10.4. The first-order valence-electron chi connectivity index (χ1n) is 4.23. The Morgan fingerprint density at radius 3 is 2.25 bits per heavy atom. The summed E-state index contributed by atoms with van der Waals surface area (Å²) < 4.78 is 20.9. The molecule has 0 aliphatic rings. The third-order valence-electron chi connectivity index (χ3n) is 1.29. The molecular weight excluding hydrogens is 248 g/mol. The highest BCUT2D eigenvalue weighted by Gasteiger charge is 2.07. The third kappa shape index (κ3) is 7.94. The average molecular weight is 259 g/mol. The predicted molar refractivity (Wildman–Crippen MR) is 65.1 cm³/mol. The fourth-order valence-electron chi connectivity index (χ4n) is 0.694. The largest absolute Gasteiger partial charge is 0.370 e. The molecule has 86 valence electrons. The summed E-state index contributed by atoms with van der Waals surface area (Å²) in [4.78, 5) is 2.37. The number of rotatable bonds is 3. The van der Waals surface area contributed by atoms with Crippen molar-refractivity contribution < 1.29 is 13.2 Å². The second kappa shape index (κ2) is 7.82. The first kappa shape index (κ1) is 14.6. The molecule has 0 saturated carbocycles. The van der Waals surface area contributed by atoms with Crippen molar-refractivity contribution in [3.05, 3.63) is 53.5 Å². The van der Waals surface area contributed by atoms with Gasteiger partial charge >= 0.3 is 5.55 Å². The number of halogens is 1. The van der Waals surface area contributed by atoms with Gasteiger partial charge < -0.3 is 5.53 Å². The van der Waals surface area contributed by atoms with Gasteiger partial charge in [0.15, 0.2) is 0 Å². The molecule has 0 fully saturated rings. The van der Waals surface area contributed by atoms with Gasteiger partial charge in [0.1, 0.15) is 0 Å². The van der Waals surface area contributed by atoms with Gasteiger partial charge in [-0.05, 0) is 12.1 Å². The fourth-order valence-corrected chi connectivity index (χ4v) is 1.40. The summed E-state index contributed by atoms with van der Waals surface area (Å²) >= 11 is 5.54. The van der Waals surface area contributed by atoms with E-state index in [4.69, 9.17) is 17.1 Å². The lowest BCUT2D eigenvalue weighted by Gasteiger charge is -1.80. The molecule has 6 heteroatoms. The quantitative estimate of drug-likeness (QED) is 0.274. The second-order valence-electron chi connectivity index (χ2n) is 2.63. The number of hydrogen-bond acceptors (Lipinski definition) is 2. The Labute approximate surface area is 99.7 Å². The molecule has 0 heterocycles. The van der Waals surface area contributed by atoms with E-state index in [1.807, 2.05) is 30.3 Å². The second-order valence-corrected chi connectivity index (χ2v) is 4.94. The number of nitrogens with zero attached hydrogens (tertiary/aromatic N) is 2. The van der Waals surface area contributed by atoms with E-state index in [0.717, 1.165) is 5.02 Å². The monoisotopic (exact) mass is 258 g/mol. The molecule has 0 aliphatic carbocycles. The summed E-state index contributed by atoms with van der Waals surface area (Å²) in [6.45, 7) is 3.21. The Morgan fingerprint density at radius 2 is 1.94 bits per heavy atom. The van der Waals surface area contributed by atoms with Crippen LogP contribution in [0.4, 0.5) is 0 Å². The summed E-state index contributed by atoms with van der Waals surface area (Å²) in [5.74, 6) is -0.197. The van der Waals surface area contributed by atoms with Crippen LogP contribution in [0.25, 0.3) is 5.53 Å². The lowest BCUT2D eigenvalue weighted by molar-refractivity contribution is 0.00756. The Balaban J connectivity index is 0.000000288. The molecule has 0 radical (unpaired) electrons. The van der Waals surface area contributed by atoms with Gasteiger partial charge in [-0.3, -0.25) is 0 Å². The summed E-state index contributed by atoms with van der Waals surface area (Å²) in [6.07, 6.45) is 1.22. The smallest absolute Gasteiger partial charge is 0.361 e. The Kier molecular flexibility index (Phi) is 7.12. The fraction of sp³-hybridized carbons (Fsp3) is 0.100. The van der Waals surface area contributed by atoms with Crippen molar-refractivity contribution in [2.45, 2.75) is 0 Å². The molecule has 0 amide bonds. The van der Waals surface area contributed by atoms with Gasteiger partial charge in [0.05, 0.1) is 5.75 Å². The number of sulfone groups is 1. The van der Waals surface area contributed by atoms with Crippen LogP contribution in [0.3, 0.4) is 0 Å². The minimum absolute atomic E-state index is 0.197. The van der Waals surface area contributed by atoms with Crippen LogP contribution in [0, 0.1) is 0 Å². The zero-order valence-corrected chi connectivity index (χ0v) is 10.0. The van der Waals surface area contributed by atoms with Gasteiger partial charge in [0.2, 0.25) is 9.84 Å². The van der Waals surface area contributed by atoms with E-state index in [2.05, 4.69) is 11.4 Å². The molecule has 0 aliphatic heterocycles. The first-order chi connectivity index (χ1) is 7.52. The van der Waals surface area contributed by atoms with Crippen molar-refractivity contribution in [2.75, 3.05) is 5.75 Å². The predicted octanol–water partition coefficient (Wildman–Crippen LogP) is 2.19. The van der Waals surface area contributed by atoms with E-state index < -0.39 is 9.84 Å². The van der Waals surface area contributed by atoms with Crippen LogP contribution in [0.1, 0.15) is 0 Å². The molecule has 0 unspecified atom stereocenters. The molecular formula is C10H11ClN2O2S. The molecule has 0 bridgehead atoms. The average Bonchev–Trinajstić information content (AvgIpc) is 2.19. The third-order valence-corrected chi connectivity index (χ3v) is 2.66. The number of hydrogen-bond donors (Lipinski definition) is 0. The lowest BCUT2D eigenvalue weighted by Crippen LogP contribution is -2.04. The SMILES string of the molecule is C=CCS(=O)(=O)C=[N+]=[N-].Clc1ccccc1. The van der Waals surface area contributed by atoms with E-state index in [9.17, 15) is 8.42 Å². The highest BCUT2D eigenvalue weighted by molar-refractivity contribution is 8.04. The van der Waals surface area contributed by atoms with Gasteiger partial charge in [-0.25, -0.2) is 8.42 Å². The van der Waals surface area contributed by atoms with Crippen molar-refractivity contribution >= 4 is 27.0 Å². The first-order valence-corrected chi connectivity index (χ1v) is 6.33. The summed E-state index contributed by atoms with van der Waals surface area (Å²) in [7, 11) is -3.34. The molecule has 0 spiro atoms. The van der Waals surface area contributed by atoms with Gasteiger partial charge in [-0.1, -0.05) is 35.9 Å². The van der Waals surface area contributed by atoms with E-state index in [0.29, 0.717) is 5.55 Å². The lowest BCUT2D eigenvalue weighted by atomic mass is 10.4. The maximum absolute atomic E-state index is 10.4. The Hall–Kier alpha value is -1.42. The van der Waals surface area contributed by atoms with Gasteiger partial charge in [0, 0.05) is 5.02 Å². The zero-order valence-electron chi connectivity index (χ0n) is 8.45. The molecule has 0 saturated heterocycles. The summed E-state index contributed by atoms with van der Waals surface area (Å²) in [6, 6.07) is 9.44. The van der Waals surface area contributed by atoms with Crippen molar-refractivity contribution in [1.29, 1.82) is 0 Å². The zero-order chi connectivity index (χ0) is 12.4. The number of benzene rings is 1. The van der Waals surface area contributed by atoms with Gasteiger partial charge in [0.25, 0.3) is 0 Å². The van der Waals surface area contributed by atoms with Crippen LogP contribution < -0.4 is 0 Å². The van der Waals surface area contributed by atoms with Crippen molar-refractivity contribution in [3.8, 4) is 0 Å². The van der Waals surface area contributed by atoms with Crippen molar-refractivity contribution in [2.24, 2.45) is 0 Å². The van der Waals surface area contributed by atoms with E-state index in [1.165, 1.54) is 6.08 Å². The standard InChI is InChI=1S/C6H5Cl.C4H6N2O2S/c7-6-4-2-1-3-5-6;1-2-3-9(7,8)4-6-5/h1-5H;2,4H,1,3H2. The maximum Gasteiger partial charge on any atom is 0.370 e. The van der Waals surface area contributed by atoms with Crippen molar-refractivity contribution in [1.82, 2.24) is 0 Å². The topological polar surface area (TPSA) is 70.5 Å². The van der Waals surface area contributed by atoms with Crippen LogP contribution >= 0.6 is 11.6 Å². The van der Waals surface area contributed by atoms with E-state index in [-0.39, 0.29) is 5.75 Å². The molecule has 0 atom stereocenters. The van der Waals surface area contributed by atoms with Gasteiger partial charge in [-0.2, -0.15) is 4.79 Å². The minimum atomic E-state index is -3.34. The van der Waals surface area contributed by atoms with Gasteiger partial charge in [-0.15, -0.1) is 6.58 Å². The van der Waals surface area contributed by atoms with E-state index in [1.54, 1.807) is 0 Å². The Bertz CT molecular complexity index is 465. The molecule has 0 N–H and O–H groups in total. The summed E-state index contributed by atoms with van der Waals surface area (Å²) in [5.41, 5.74) is 8.27.